The number of allylic oxidation sites excluding steroid dienone is 1. The van der Waals surface area contributed by atoms with E-state index in [0.29, 0.717) is 67.5 Å². The number of carbonyl (C=O) groups is 2. The van der Waals surface area contributed by atoms with E-state index in [-0.39, 0.29) is 11.8 Å². The summed E-state index contributed by atoms with van der Waals surface area (Å²) < 4.78 is 5.53. The lowest BCUT2D eigenvalue weighted by atomic mass is 9.77. The van der Waals surface area contributed by atoms with E-state index in [4.69, 9.17) is 20.7 Å². The standard InChI is InChI=1S/C29H35N5O4/c1-37-26-16-24(8-9-25(26)22(17-30)18-31)34-15-12-29(28(34)36)10-13-33(14-11-29)27(35)21-4-6-23(7-5-21)32-38-19-20-2-3-20/h4-9,16-18,20,30,32H,2-3,10-15,19,31H2,1H3/b22-18+,30-17?. The molecule has 2 aromatic carbocycles. The molecule has 3 fully saturated rings. The Morgan fingerprint density at radius 2 is 1.84 bits per heavy atom. The molecule has 200 valence electrons. The number of amides is 2. The zero-order valence-corrected chi connectivity index (χ0v) is 21.7. The number of rotatable bonds is 9. The molecule has 9 nitrogen and oxygen atoms in total. The zero-order valence-electron chi connectivity index (χ0n) is 21.7. The number of methoxy groups -OCH3 is 1. The predicted octanol–water partition coefficient (Wildman–Crippen LogP) is 4.06. The van der Waals surface area contributed by atoms with Crippen molar-refractivity contribution in [3.63, 3.8) is 0 Å². The van der Waals surface area contributed by atoms with Gasteiger partial charge in [0, 0.05) is 60.5 Å². The second kappa shape index (κ2) is 10.9. The monoisotopic (exact) mass is 517 g/mol. The van der Waals surface area contributed by atoms with Gasteiger partial charge in [0.1, 0.15) is 5.75 Å². The summed E-state index contributed by atoms with van der Waals surface area (Å²) in [5.41, 5.74) is 11.6. The summed E-state index contributed by atoms with van der Waals surface area (Å²) in [5, 5.41) is 7.57. The van der Waals surface area contributed by atoms with Crippen molar-refractivity contribution in [2.75, 3.05) is 43.7 Å². The van der Waals surface area contributed by atoms with E-state index in [2.05, 4.69) is 5.48 Å². The molecule has 2 aliphatic heterocycles. The molecule has 3 aliphatic rings. The van der Waals surface area contributed by atoms with Gasteiger partial charge in [-0.05, 0) is 74.4 Å². The van der Waals surface area contributed by atoms with Crippen molar-refractivity contribution in [2.24, 2.45) is 17.1 Å². The van der Waals surface area contributed by atoms with E-state index in [9.17, 15) is 9.59 Å². The van der Waals surface area contributed by atoms with Crippen molar-refractivity contribution >= 4 is 35.0 Å². The quantitative estimate of drug-likeness (QED) is 0.341. The van der Waals surface area contributed by atoms with Crippen LogP contribution in [0.25, 0.3) is 5.57 Å². The molecule has 0 unspecified atom stereocenters. The first-order valence-corrected chi connectivity index (χ1v) is 13.2. The van der Waals surface area contributed by atoms with E-state index < -0.39 is 5.41 Å². The number of ether oxygens (including phenoxy) is 1. The second-order valence-corrected chi connectivity index (χ2v) is 10.4. The molecule has 0 atom stereocenters. The van der Waals surface area contributed by atoms with Crippen LogP contribution in [0.2, 0.25) is 0 Å². The first kappa shape index (κ1) is 25.8. The molecular weight excluding hydrogens is 482 g/mol. The number of benzene rings is 2. The maximum atomic E-state index is 13.6. The number of hydrogen-bond donors (Lipinski definition) is 3. The maximum Gasteiger partial charge on any atom is 0.253 e. The number of anilines is 2. The molecule has 1 aliphatic carbocycles. The van der Waals surface area contributed by atoms with Gasteiger partial charge < -0.3 is 25.7 Å². The van der Waals surface area contributed by atoms with Gasteiger partial charge in [0.25, 0.3) is 5.91 Å². The van der Waals surface area contributed by atoms with Gasteiger partial charge in [-0.2, -0.15) is 0 Å². The second-order valence-electron chi connectivity index (χ2n) is 10.4. The Labute approximate surface area is 223 Å². The normalized spacial score (nSPS) is 19.1. The minimum absolute atomic E-state index is 0.0112. The van der Waals surface area contributed by atoms with E-state index >= 15 is 0 Å². The van der Waals surface area contributed by atoms with Crippen LogP contribution in [0.3, 0.4) is 0 Å². The van der Waals surface area contributed by atoms with Gasteiger partial charge in [-0.3, -0.25) is 19.9 Å². The number of nitrogens with zero attached hydrogens (tertiary/aromatic N) is 2. The lowest BCUT2D eigenvalue weighted by Gasteiger charge is -2.38. The number of nitrogens with one attached hydrogen (secondary N) is 2. The van der Waals surface area contributed by atoms with E-state index in [1.54, 1.807) is 7.11 Å². The number of carbonyl (C=O) groups excluding carboxylic acids is 2. The van der Waals surface area contributed by atoms with Crippen LogP contribution >= 0.6 is 0 Å². The number of piperidine rings is 1. The van der Waals surface area contributed by atoms with Gasteiger partial charge in [-0.25, -0.2) is 0 Å². The molecule has 2 saturated heterocycles. The Bertz CT molecular complexity index is 1230. The van der Waals surface area contributed by atoms with Gasteiger partial charge >= 0.3 is 0 Å². The van der Waals surface area contributed by atoms with Crippen molar-refractivity contribution in [1.29, 1.82) is 5.41 Å². The Morgan fingerprint density at radius 1 is 1.13 bits per heavy atom. The molecule has 9 heteroatoms. The average Bonchev–Trinajstić information content (AvgIpc) is 3.73. The third kappa shape index (κ3) is 5.11. The van der Waals surface area contributed by atoms with Gasteiger partial charge in [0.05, 0.1) is 24.8 Å². The molecular formula is C29H35N5O4. The van der Waals surface area contributed by atoms with Crippen LogP contribution in [0.15, 0.2) is 48.7 Å². The number of hydrogen-bond acceptors (Lipinski definition) is 7. The third-order valence-corrected chi connectivity index (χ3v) is 8.00. The van der Waals surface area contributed by atoms with Gasteiger partial charge in [-0.15, -0.1) is 0 Å². The molecule has 0 bridgehead atoms. The molecule has 1 saturated carbocycles. The van der Waals surface area contributed by atoms with Crippen molar-refractivity contribution in [3.8, 4) is 5.75 Å². The molecule has 5 rings (SSSR count). The molecule has 2 aromatic rings. The summed E-state index contributed by atoms with van der Waals surface area (Å²) >= 11 is 0. The average molecular weight is 518 g/mol. The fourth-order valence-electron chi connectivity index (χ4n) is 5.36. The smallest absolute Gasteiger partial charge is 0.253 e. The van der Waals surface area contributed by atoms with E-state index in [1.165, 1.54) is 25.3 Å². The highest BCUT2D eigenvalue weighted by atomic mass is 16.6. The Hall–Kier alpha value is -3.85. The van der Waals surface area contributed by atoms with Crippen LogP contribution < -0.4 is 20.9 Å². The third-order valence-electron chi connectivity index (χ3n) is 8.00. The Kier molecular flexibility index (Phi) is 7.37. The Balaban J connectivity index is 1.20. The zero-order chi connectivity index (χ0) is 26.7. The summed E-state index contributed by atoms with van der Waals surface area (Å²) in [6.07, 6.45) is 7.06. The summed E-state index contributed by atoms with van der Waals surface area (Å²) in [7, 11) is 1.56. The van der Waals surface area contributed by atoms with Gasteiger partial charge in [0.15, 0.2) is 0 Å². The van der Waals surface area contributed by atoms with Gasteiger partial charge in [0.2, 0.25) is 5.91 Å². The van der Waals surface area contributed by atoms with E-state index in [1.807, 2.05) is 52.3 Å². The predicted molar refractivity (Wildman–Crippen MR) is 147 cm³/mol. The SMILES string of the molecule is COc1cc(N2CCC3(CCN(C(=O)c4ccc(NOCC5CC5)cc4)CC3)C2=O)ccc1/C(C=N)=C/N. The summed E-state index contributed by atoms with van der Waals surface area (Å²) in [4.78, 5) is 35.9. The van der Waals surface area contributed by atoms with Crippen molar-refractivity contribution in [2.45, 2.75) is 32.1 Å². The summed E-state index contributed by atoms with van der Waals surface area (Å²) in [6.45, 7) is 2.43. The fourth-order valence-corrected chi connectivity index (χ4v) is 5.36. The van der Waals surface area contributed by atoms with Crippen LogP contribution in [0, 0.1) is 16.7 Å². The van der Waals surface area contributed by atoms with Crippen LogP contribution in [0.4, 0.5) is 11.4 Å². The first-order valence-electron chi connectivity index (χ1n) is 13.2. The minimum Gasteiger partial charge on any atom is -0.496 e. The lowest BCUT2D eigenvalue weighted by Crippen LogP contribution is -2.46. The number of nitrogens with two attached hydrogens (primary N) is 1. The maximum absolute atomic E-state index is 13.6. The highest BCUT2D eigenvalue weighted by Gasteiger charge is 2.49. The Morgan fingerprint density at radius 3 is 2.47 bits per heavy atom. The van der Waals surface area contributed by atoms with Crippen LogP contribution in [0.1, 0.15) is 48.0 Å². The van der Waals surface area contributed by atoms with Crippen molar-refractivity contribution in [1.82, 2.24) is 4.90 Å². The minimum atomic E-state index is -0.452. The highest BCUT2D eigenvalue weighted by molar-refractivity contribution is 6.09. The molecule has 38 heavy (non-hydrogen) atoms. The van der Waals surface area contributed by atoms with Gasteiger partial charge in [-0.1, -0.05) is 0 Å². The van der Waals surface area contributed by atoms with Crippen molar-refractivity contribution in [3.05, 3.63) is 59.8 Å². The highest BCUT2D eigenvalue weighted by Crippen LogP contribution is 2.44. The first-order chi connectivity index (χ1) is 18.5. The molecule has 0 aromatic heterocycles. The van der Waals surface area contributed by atoms with Crippen LogP contribution in [-0.2, 0) is 9.63 Å². The topological polar surface area (TPSA) is 121 Å². The largest absolute Gasteiger partial charge is 0.496 e. The molecule has 1 spiro atoms. The molecule has 2 amide bonds. The number of likely N-dealkylation sites (tertiary alicyclic amines) is 1. The van der Waals surface area contributed by atoms with Crippen LogP contribution in [-0.4, -0.2) is 56.3 Å². The summed E-state index contributed by atoms with van der Waals surface area (Å²) in [6, 6.07) is 12.9. The van der Waals surface area contributed by atoms with Crippen molar-refractivity contribution < 1.29 is 19.2 Å². The molecule has 0 radical (unpaired) electrons. The van der Waals surface area contributed by atoms with Crippen LogP contribution in [0.5, 0.6) is 5.75 Å². The lowest BCUT2D eigenvalue weighted by molar-refractivity contribution is -0.127. The molecule has 4 N–H and O–H groups in total. The molecule has 2 heterocycles. The fraction of sp³-hybridized carbons (Fsp3) is 0.414. The van der Waals surface area contributed by atoms with E-state index in [0.717, 1.165) is 17.8 Å². The summed E-state index contributed by atoms with van der Waals surface area (Å²) in [5.74, 6) is 1.32.